The molecule has 0 saturated carbocycles. The number of rotatable bonds is 1. The van der Waals surface area contributed by atoms with Crippen LogP contribution < -0.4 is 0 Å². The Morgan fingerprint density at radius 3 is 2.42 bits per heavy atom. The molecule has 0 nitrogen and oxygen atoms in total. The number of thioether (sulfide) groups is 1. The minimum Gasteiger partial charge on any atom is -0.120 e. The average molecular weight is 292 g/mol. The molecular weight excluding hydrogens is 279 g/mol. The first kappa shape index (κ1) is 10.4. The van der Waals surface area contributed by atoms with Gasteiger partial charge in [-0.2, -0.15) is 0 Å². The largest absolute Gasteiger partial charge is 0.120 e. The second kappa shape index (κ2) is 4.01. The van der Waals surface area contributed by atoms with Crippen LogP contribution in [-0.4, -0.2) is 4.75 Å². The monoisotopic (exact) mass is 292 g/mol. The van der Waals surface area contributed by atoms with E-state index in [2.05, 4.69) is 67.6 Å². The lowest BCUT2D eigenvalue weighted by Gasteiger charge is -2.17. The van der Waals surface area contributed by atoms with Crippen LogP contribution in [0.5, 0.6) is 0 Å². The molecule has 66 valence electrons. The number of halogens is 1. The second-order valence-corrected chi connectivity index (χ2v) is 6.82. The molecule has 0 atom stereocenters. The molecule has 0 radical (unpaired) electrons. The van der Waals surface area contributed by atoms with Gasteiger partial charge in [0.25, 0.3) is 0 Å². The van der Waals surface area contributed by atoms with Crippen molar-refractivity contribution in [3.05, 3.63) is 27.8 Å². The second-order valence-electron chi connectivity index (χ2n) is 3.67. The van der Waals surface area contributed by atoms with Gasteiger partial charge in [-0.05, 0) is 40.8 Å². The van der Waals surface area contributed by atoms with E-state index in [4.69, 9.17) is 0 Å². The molecule has 0 N–H and O–H groups in total. The maximum absolute atomic E-state index is 2.34. The highest BCUT2D eigenvalue weighted by Gasteiger charge is 2.11. The summed E-state index contributed by atoms with van der Waals surface area (Å²) in [5, 5.41) is 0. The highest BCUT2D eigenvalue weighted by Crippen LogP contribution is 2.32. The quantitative estimate of drug-likeness (QED) is 0.552. The molecular formula is C10H13IS. The van der Waals surface area contributed by atoms with Crippen LogP contribution in [0.4, 0.5) is 0 Å². The third kappa shape index (κ3) is 3.81. The molecule has 2 heteroatoms. The SMILES string of the molecule is CC(C)(C)Sc1cccc(I)c1. The molecule has 0 aromatic heterocycles. The summed E-state index contributed by atoms with van der Waals surface area (Å²) < 4.78 is 1.62. The van der Waals surface area contributed by atoms with Crippen LogP contribution in [0.2, 0.25) is 0 Å². The summed E-state index contributed by atoms with van der Waals surface area (Å²) in [6.07, 6.45) is 0. The van der Waals surface area contributed by atoms with E-state index < -0.39 is 0 Å². The van der Waals surface area contributed by atoms with Crippen molar-refractivity contribution in [2.24, 2.45) is 0 Å². The zero-order chi connectivity index (χ0) is 9.19. The van der Waals surface area contributed by atoms with Gasteiger partial charge in [0, 0.05) is 13.2 Å². The lowest BCUT2D eigenvalue weighted by atomic mass is 10.3. The summed E-state index contributed by atoms with van der Waals surface area (Å²) in [4.78, 5) is 1.36. The van der Waals surface area contributed by atoms with E-state index in [0.29, 0.717) is 4.75 Å². The maximum atomic E-state index is 2.34. The van der Waals surface area contributed by atoms with Gasteiger partial charge in [-0.25, -0.2) is 0 Å². The van der Waals surface area contributed by atoms with Gasteiger partial charge in [-0.1, -0.05) is 26.8 Å². The number of hydrogen-bond acceptors (Lipinski definition) is 1. The Balaban J connectivity index is 2.77. The van der Waals surface area contributed by atoms with Crippen LogP contribution in [0, 0.1) is 3.57 Å². The molecule has 0 aliphatic rings. The minimum absolute atomic E-state index is 0.310. The molecule has 0 aliphatic heterocycles. The first-order valence-electron chi connectivity index (χ1n) is 3.92. The van der Waals surface area contributed by atoms with Crippen LogP contribution in [0.25, 0.3) is 0 Å². The highest BCUT2D eigenvalue weighted by molar-refractivity contribution is 14.1. The van der Waals surface area contributed by atoms with E-state index in [1.165, 1.54) is 8.47 Å². The molecule has 0 spiro atoms. The third-order valence-corrected chi connectivity index (χ3v) is 2.99. The normalized spacial score (nSPS) is 11.7. The first-order chi connectivity index (χ1) is 5.47. The molecule has 0 bridgehead atoms. The van der Waals surface area contributed by atoms with E-state index in [1.54, 1.807) is 0 Å². The van der Waals surface area contributed by atoms with Gasteiger partial charge in [0.15, 0.2) is 0 Å². The summed E-state index contributed by atoms with van der Waals surface area (Å²) in [5.74, 6) is 0. The Bertz CT molecular complexity index is 263. The van der Waals surface area contributed by atoms with Crippen LogP contribution in [0.15, 0.2) is 29.2 Å². The predicted octanol–water partition coefficient (Wildman–Crippen LogP) is 4.18. The molecule has 1 aromatic rings. The van der Waals surface area contributed by atoms with Crippen molar-refractivity contribution in [1.29, 1.82) is 0 Å². The van der Waals surface area contributed by atoms with Crippen molar-refractivity contribution in [1.82, 2.24) is 0 Å². The van der Waals surface area contributed by atoms with Gasteiger partial charge in [-0.15, -0.1) is 11.8 Å². The average Bonchev–Trinajstić information content (AvgIpc) is 1.82. The van der Waals surface area contributed by atoms with Gasteiger partial charge in [-0.3, -0.25) is 0 Å². The molecule has 0 fully saturated rings. The Morgan fingerprint density at radius 1 is 1.25 bits per heavy atom. The van der Waals surface area contributed by atoms with Crippen molar-refractivity contribution in [2.75, 3.05) is 0 Å². The lowest BCUT2D eigenvalue weighted by Crippen LogP contribution is -2.06. The van der Waals surface area contributed by atoms with E-state index in [0.717, 1.165) is 0 Å². The molecule has 0 unspecified atom stereocenters. The number of benzene rings is 1. The fraction of sp³-hybridized carbons (Fsp3) is 0.400. The summed E-state index contributed by atoms with van der Waals surface area (Å²) >= 11 is 4.25. The fourth-order valence-corrected chi connectivity index (χ4v) is 2.68. The van der Waals surface area contributed by atoms with Crippen LogP contribution in [-0.2, 0) is 0 Å². The Morgan fingerprint density at radius 2 is 1.92 bits per heavy atom. The van der Waals surface area contributed by atoms with E-state index in [9.17, 15) is 0 Å². The lowest BCUT2D eigenvalue weighted by molar-refractivity contribution is 0.803. The van der Waals surface area contributed by atoms with Crippen LogP contribution in [0.3, 0.4) is 0 Å². The van der Waals surface area contributed by atoms with Crippen molar-refractivity contribution in [3.8, 4) is 0 Å². The highest BCUT2D eigenvalue weighted by atomic mass is 127. The fourth-order valence-electron chi connectivity index (χ4n) is 0.884. The van der Waals surface area contributed by atoms with Gasteiger partial charge in [0.1, 0.15) is 0 Å². The van der Waals surface area contributed by atoms with Crippen LogP contribution >= 0.6 is 34.4 Å². The van der Waals surface area contributed by atoms with Crippen molar-refractivity contribution < 1.29 is 0 Å². The van der Waals surface area contributed by atoms with Crippen molar-refractivity contribution in [2.45, 2.75) is 30.4 Å². The maximum Gasteiger partial charge on any atom is 0.0141 e. The van der Waals surface area contributed by atoms with Gasteiger partial charge < -0.3 is 0 Å². The van der Waals surface area contributed by atoms with E-state index in [1.807, 2.05) is 11.8 Å². The molecule has 0 heterocycles. The summed E-state index contributed by atoms with van der Waals surface area (Å²) in [6.45, 7) is 6.70. The van der Waals surface area contributed by atoms with Gasteiger partial charge >= 0.3 is 0 Å². The Kier molecular flexibility index (Phi) is 3.47. The molecule has 1 aromatic carbocycles. The smallest absolute Gasteiger partial charge is 0.0141 e. The molecule has 0 saturated heterocycles. The van der Waals surface area contributed by atoms with Gasteiger partial charge in [0.05, 0.1) is 0 Å². The van der Waals surface area contributed by atoms with E-state index in [-0.39, 0.29) is 0 Å². The molecule has 0 aliphatic carbocycles. The van der Waals surface area contributed by atoms with Crippen LogP contribution in [0.1, 0.15) is 20.8 Å². The van der Waals surface area contributed by atoms with E-state index >= 15 is 0 Å². The summed E-state index contributed by atoms with van der Waals surface area (Å²) in [7, 11) is 0. The molecule has 12 heavy (non-hydrogen) atoms. The van der Waals surface area contributed by atoms with Gasteiger partial charge in [0.2, 0.25) is 0 Å². The third-order valence-electron chi connectivity index (χ3n) is 1.22. The topological polar surface area (TPSA) is 0 Å². The van der Waals surface area contributed by atoms with Crippen molar-refractivity contribution in [3.63, 3.8) is 0 Å². The standard InChI is InChI=1S/C10H13IS/c1-10(2,3)12-9-6-4-5-8(11)7-9/h4-7H,1-3H3. The number of hydrogen-bond donors (Lipinski definition) is 0. The minimum atomic E-state index is 0.310. The summed E-state index contributed by atoms with van der Waals surface area (Å²) in [5.41, 5.74) is 0. The Hall–Kier alpha value is 0.300. The first-order valence-corrected chi connectivity index (χ1v) is 5.81. The zero-order valence-electron chi connectivity index (χ0n) is 7.60. The van der Waals surface area contributed by atoms with Crippen molar-refractivity contribution >= 4 is 34.4 Å². The molecule has 1 rings (SSSR count). The summed E-state index contributed by atoms with van der Waals surface area (Å²) in [6, 6.07) is 8.61. The molecule has 0 amide bonds. The Labute approximate surface area is 92.3 Å². The predicted molar refractivity (Wildman–Crippen MR) is 64.8 cm³/mol. The zero-order valence-corrected chi connectivity index (χ0v) is 10.6.